The second kappa shape index (κ2) is 8.39. The van der Waals surface area contributed by atoms with Crippen LogP contribution in [0, 0.1) is 11.3 Å². The average Bonchev–Trinajstić information content (AvgIpc) is 2.97. The molecule has 0 radical (unpaired) electrons. The Kier molecular flexibility index (Phi) is 5.98. The van der Waals surface area contributed by atoms with Crippen LogP contribution in [0.1, 0.15) is 45.4 Å². The number of amides is 1. The maximum Gasteiger partial charge on any atom is 0.233 e. The SMILES string of the molecule is C[C@@H](Sc1nc2ccccc2n1CCC#N)C(=O)NC1CCCCC1. The van der Waals surface area contributed by atoms with Gasteiger partial charge in [-0.25, -0.2) is 4.98 Å². The molecule has 1 amide bonds. The molecule has 0 saturated heterocycles. The van der Waals surface area contributed by atoms with Gasteiger partial charge in [-0.15, -0.1) is 0 Å². The van der Waals surface area contributed by atoms with Crippen molar-refractivity contribution >= 4 is 28.7 Å². The molecule has 1 atom stereocenters. The van der Waals surface area contributed by atoms with Crippen LogP contribution in [0.2, 0.25) is 0 Å². The number of thioether (sulfide) groups is 1. The highest BCUT2D eigenvalue weighted by Gasteiger charge is 2.22. The first kappa shape index (κ1) is 17.8. The second-order valence-corrected chi connectivity index (χ2v) is 7.85. The Labute approximate surface area is 152 Å². The molecule has 1 aliphatic rings. The van der Waals surface area contributed by atoms with Crippen molar-refractivity contribution in [3.05, 3.63) is 24.3 Å². The summed E-state index contributed by atoms with van der Waals surface area (Å²) in [6.45, 7) is 2.52. The maximum atomic E-state index is 12.5. The van der Waals surface area contributed by atoms with E-state index in [2.05, 4.69) is 16.4 Å². The van der Waals surface area contributed by atoms with Crippen molar-refractivity contribution in [3.8, 4) is 6.07 Å². The Morgan fingerprint density at radius 1 is 1.40 bits per heavy atom. The number of para-hydroxylation sites is 2. The molecule has 1 heterocycles. The minimum absolute atomic E-state index is 0.0794. The summed E-state index contributed by atoms with van der Waals surface area (Å²) in [6.07, 6.45) is 6.29. The van der Waals surface area contributed by atoms with E-state index in [-0.39, 0.29) is 11.2 Å². The number of benzene rings is 1. The zero-order valence-electron chi connectivity index (χ0n) is 14.6. The summed E-state index contributed by atoms with van der Waals surface area (Å²) in [5, 5.41) is 12.7. The van der Waals surface area contributed by atoms with Crippen LogP contribution in [0.15, 0.2) is 29.4 Å². The quantitative estimate of drug-likeness (QED) is 0.797. The molecular formula is C19H24N4OS. The predicted molar refractivity (Wildman–Crippen MR) is 100 cm³/mol. The first-order valence-electron chi connectivity index (χ1n) is 8.98. The van der Waals surface area contributed by atoms with Crippen LogP contribution in [0.4, 0.5) is 0 Å². The maximum absolute atomic E-state index is 12.5. The normalized spacial score (nSPS) is 16.5. The Balaban J connectivity index is 1.72. The summed E-state index contributed by atoms with van der Waals surface area (Å²) >= 11 is 1.47. The molecule has 1 aromatic heterocycles. The molecule has 3 rings (SSSR count). The highest BCUT2D eigenvalue weighted by atomic mass is 32.2. The molecule has 0 aliphatic heterocycles. The fraction of sp³-hybridized carbons (Fsp3) is 0.526. The van der Waals surface area contributed by atoms with Crippen molar-refractivity contribution in [2.45, 2.75) is 68.4 Å². The van der Waals surface area contributed by atoms with Gasteiger partial charge in [0.25, 0.3) is 0 Å². The third kappa shape index (κ3) is 4.35. The van der Waals surface area contributed by atoms with Gasteiger partial charge in [0.05, 0.1) is 28.8 Å². The Bertz CT molecular complexity index is 773. The zero-order valence-corrected chi connectivity index (χ0v) is 15.4. The number of nitrogens with zero attached hydrogens (tertiary/aromatic N) is 3. The first-order chi connectivity index (χ1) is 12.2. The van der Waals surface area contributed by atoms with E-state index in [1.807, 2.05) is 35.8 Å². The van der Waals surface area contributed by atoms with E-state index in [1.54, 1.807) is 0 Å². The Hall–Kier alpha value is -2.00. The van der Waals surface area contributed by atoms with Crippen molar-refractivity contribution in [2.24, 2.45) is 0 Å². The largest absolute Gasteiger partial charge is 0.352 e. The molecule has 132 valence electrons. The molecule has 6 heteroatoms. The van der Waals surface area contributed by atoms with Crippen LogP contribution in [-0.2, 0) is 11.3 Å². The van der Waals surface area contributed by atoms with Gasteiger partial charge in [0, 0.05) is 12.6 Å². The van der Waals surface area contributed by atoms with Crippen LogP contribution in [0.3, 0.4) is 0 Å². The average molecular weight is 356 g/mol. The number of carbonyl (C=O) groups is 1. The van der Waals surface area contributed by atoms with Crippen LogP contribution in [-0.4, -0.2) is 26.8 Å². The van der Waals surface area contributed by atoms with Crippen molar-refractivity contribution in [1.82, 2.24) is 14.9 Å². The summed E-state index contributed by atoms with van der Waals surface area (Å²) in [6, 6.07) is 10.4. The highest BCUT2D eigenvalue weighted by Crippen LogP contribution is 2.28. The molecular weight excluding hydrogens is 332 g/mol. The Morgan fingerprint density at radius 2 is 2.16 bits per heavy atom. The van der Waals surface area contributed by atoms with Crippen molar-refractivity contribution in [2.75, 3.05) is 0 Å². The molecule has 5 nitrogen and oxygen atoms in total. The summed E-state index contributed by atoms with van der Waals surface area (Å²) in [5.41, 5.74) is 1.92. The lowest BCUT2D eigenvalue weighted by molar-refractivity contribution is -0.121. The number of hydrogen-bond donors (Lipinski definition) is 1. The van der Waals surface area contributed by atoms with E-state index in [1.165, 1.54) is 31.0 Å². The van der Waals surface area contributed by atoms with Gasteiger partial charge in [-0.05, 0) is 31.9 Å². The first-order valence-corrected chi connectivity index (χ1v) is 9.86. The van der Waals surface area contributed by atoms with Gasteiger partial charge in [0.15, 0.2) is 5.16 Å². The number of hydrogen-bond acceptors (Lipinski definition) is 4. The Morgan fingerprint density at radius 3 is 2.92 bits per heavy atom. The van der Waals surface area contributed by atoms with Gasteiger partial charge < -0.3 is 9.88 Å². The van der Waals surface area contributed by atoms with Crippen LogP contribution >= 0.6 is 11.8 Å². The summed E-state index contributed by atoms with van der Waals surface area (Å²) < 4.78 is 2.05. The van der Waals surface area contributed by atoms with Gasteiger partial charge >= 0.3 is 0 Å². The van der Waals surface area contributed by atoms with Crippen LogP contribution in [0.5, 0.6) is 0 Å². The van der Waals surface area contributed by atoms with Crippen LogP contribution in [0.25, 0.3) is 11.0 Å². The van der Waals surface area contributed by atoms with Gasteiger partial charge in [0.1, 0.15) is 0 Å². The molecule has 0 spiro atoms. The molecule has 1 saturated carbocycles. The number of rotatable bonds is 6. The standard InChI is InChI=1S/C19H24N4OS/c1-14(18(24)21-15-8-3-2-4-9-15)25-19-22-16-10-5-6-11-17(16)23(19)13-7-12-20/h5-6,10-11,14-15H,2-4,7-9,13H2,1H3,(H,21,24)/t14-/m1/s1. The number of nitrogens with one attached hydrogen (secondary N) is 1. The van der Waals surface area contributed by atoms with E-state index >= 15 is 0 Å². The summed E-state index contributed by atoms with van der Waals surface area (Å²) in [7, 11) is 0. The van der Waals surface area contributed by atoms with Crippen molar-refractivity contribution in [1.29, 1.82) is 5.26 Å². The number of aryl methyl sites for hydroxylation is 1. The van der Waals surface area contributed by atoms with E-state index in [0.29, 0.717) is 19.0 Å². The summed E-state index contributed by atoms with van der Waals surface area (Å²) in [5.74, 6) is 0.0794. The van der Waals surface area contributed by atoms with Gasteiger partial charge in [0.2, 0.25) is 5.91 Å². The zero-order chi connectivity index (χ0) is 17.6. The smallest absolute Gasteiger partial charge is 0.233 e. The lowest BCUT2D eigenvalue weighted by atomic mass is 9.95. The monoisotopic (exact) mass is 356 g/mol. The van der Waals surface area contributed by atoms with Crippen molar-refractivity contribution < 1.29 is 4.79 Å². The minimum Gasteiger partial charge on any atom is -0.352 e. The van der Waals surface area contributed by atoms with Crippen molar-refractivity contribution in [3.63, 3.8) is 0 Å². The third-order valence-corrected chi connectivity index (χ3v) is 5.76. The highest BCUT2D eigenvalue weighted by molar-refractivity contribution is 8.00. The lowest BCUT2D eigenvalue weighted by Crippen LogP contribution is -2.40. The lowest BCUT2D eigenvalue weighted by Gasteiger charge is -2.24. The molecule has 2 aromatic rings. The molecule has 1 fully saturated rings. The minimum atomic E-state index is -0.209. The number of carbonyl (C=O) groups excluding carboxylic acids is 1. The van der Waals surface area contributed by atoms with Crippen LogP contribution < -0.4 is 5.32 Å². The molecule has 0 unspecified atom stereocenters. The summed E-state index contributed by atoms with van der Waals surface area (Å²) in [4.78, 5) is 17.2. The third-order valence-electron chi connectivity index (χ3n) is 4.67. The van der Waals surface area contributed by atoms with E-state index in [0.717, 1.165) is 29.0 Å². The molecule has 1 N–H and O–H groups in total. The number of fused-ring (bicyclic) bond motifs is 1. The van der Waals surface area contributed by atoms with E-state index in [4.69, 9.17) is 5.26 Å². The molecule has 25 heavy (non-hydrogen) atoms. The number of nitriles is 1. The molecule has 1 aromatic carbocycles. The van der Waals surface area contributed by atoms with Gasteiger partial charge in [-0.1, -0.05) is 43.2 Å². The fourth-order valence-corrected chi connectivity index (χ4v) is 4.26. The fourth-order valence-electron chi connectivity index (χ4n) is 3.30. The van der Waals surface area contributed by atoms with E-state index < -0.39 is 0 Å². The number of aromatic nitrogens is 2. The van der Waals surface area contributed by atoms with Gasteiger partial charge in [-0.2, -0.15) is 5.26 Å². The molecule has 1 aliphatic carbocycles. The van der Waals surface area contributed by atoms with Gasteiger partial charge in [-0.3, -0.25) is 4.79 Å². The van der Waals surface area contributed by atoms with E-state index in [9.17, 15) is 4.79 Å². The second-order valence-electron chi connectivity index (χ2n) is 6.55. The topological polar surface area (TPSA) is 70.7 Å². The number of imidazole rings is 1. The molecule has 0 bridgehead atoms. The predicted octanol–water partition coefficient (Wildman–Crippen LogP) is 3.88.